The molecule has 0 saturated heterocycles. The Bertz CT molecular complexity index is 527. The lowest BCUT2D eigenvalue weighted by Crippen LogP contribution is -1.78. The van der Waals surface area contributed by atoms with Crippen molar-refractivity contribution in [1.82, 2.24) is 0 Å². The van der Waals surface area contributed by atoms with E-state index in [1.54, 1.807) is 11.4 Å². The highest BCUT2D eigenvalue weighted by atomic mass is 35.5. The Balaban J connectivity index is 2.80. The summed E-state index contributed by atoms with van der Waals surface area (Å²) in [5.41, 5.74) is 1.38. The minimum absolute atomic E-state index is 0.135. The van der Waals surface area contributed by atoms with Crippen molar-refractivity contribution >= 4 is 33.0 Å². The predicted molar refractivity (Wildman–Crippen MR) is 57.8 cm³/mol. The fourth-order valence-electron chi connectivity index (χ4n) is 1.36. The molecule has 2 rings (SSSR count). The van der Waals surface area contributed by atoms with E-state index < -0.39 is 0 Å². The monoisotopic (exact) mass is 223 g/mol. The van der Waals surface area contributed by atoms with E-state index >= 15 is 0 Å². The number of hydrogen-bond donors (Lipinski definition) is 1. The molecule has 0 aliphatic carbocycles. The molecule has 4 heteroatoms. The average molecular weight is 224 g/mol. The summed E-state index contributed by atoms with van der Waals surface area (Å²) < 4.78 is 0.900. The average Bonchev–Trinajstić information content (AvgIpc) is 2.61. The molecule has 0 fully saturated rings. The molecule has 0 radical (unpaired) electrons. The second kappa shape index (κ2) is 3.49. The lowest BCUT2D eigenvalue weighted by Gasteiger charge is -1.99. The van der Waals surface area contributed by atoms with E-state index in [2.05, 4.69) is 0 Å². The van der Waals surface area contributed by atoms with Gasteiger partial charge in [0.15, 0.2) is 0 Å². The predicted octanol–water partition coefficient (Wildman–Crippen LogP) is 3.22. The molecular weight excluding hydrogens is 218 g/mol. The number of nitriles is 1. The van der Waals surface area contributed by atoms with E-state index in [1.165, 1.54) is 11.3 Å². The van der Waals surface area contributed by atoms with Gasteiger partial charge in [-0.15, -0.1) is 22.9 Å². The standard InChI is InChI=1S/C10H6ClNOS/c11-3-6-1-8(13)10-7(4-12)5-14-9(10)2-6/h1-2,5,13H,3H2. The minimum atomic E-state index is 0.135. The molecule has 2 aromatic rings. The molecule has 1 aromatic heterocycles. The molecule has 1 aromatic carbocycles. The zero-order chi connectivity index (χ0) is 10.1. The topological polar surface area (TPSA) is 44.0 Å². The summed E-state index contributed by atoms with van der Waals surface area (Å²) in [5, 5.41) is 20.8. The van der Waals surface area contributed by atoms with E-state index in [0.29, 0.717) is 16.8 Å². The third kappa shape index (κ3) is 1.33. The molecule has 2 nitrogen and oxygen atoms in total. The Morgan fingerprint density at radius 1 is 1.50 bits per heavy atom. The highest BCUT2D eigenvalue weighted by Gasteiger charge is 2.09. The van der Waals surface area contributed by atoms with E-state index in [1.807, 2.05) is 12.1 Å². The van der Waals surface area contributed by atoms with Gasteiger partial charge in [0.1, 0.15) is 11.8 Å². The Hall–Kier alpha value is -1.24. The molecule has 70 valence electrons. The van der Waals surface area contributed by atoms with Crippen LogP contribution in [0.5, 0.6) is 5.75 Å². The zero-order valence-electron chi connectivity index (χ0n) is 7.12. The summed E-state index contributed by atoms with van der Waals surface area (Å²) in [6.07, 6.45) is 0. The molecule has 0 spiro atoms. The number of benzene rings is 1. The van der Waals surface area contributed by atoms with Crippen LogP contribution in [0.15, 0.2) is 17.5 Å². The lowest BCUT2D eigenvalue weighted by atomic mass is 10.1. The molecule has 14 heavy (non-hydrogen) atoms. The van der Waals surface area contributed by atoms with Gasteiger partial charge in [0.05, 0.1) is 10.9 Å². The van der Waals surface area contributed by atoms with Crippen LogP contribution in [0.1, 0.15) is 11.1 Å². The van der Waals surface area contributed by atoms with Crippen molar-refractivity contribution in [2.24, 2.45) is 0 Å². The number of rotatable bonds is 1. The molecule has 1 N–H and O–H groups in total. The zero-order valence-corrected chi connectivity index (χ0v) is 8.69. The van der Waals surface area contributed by atoms with E-state index in [0.717, 1.165) is 10.3 Å². The molecule has 0 amide bonds. The summed E-state index contributed by atoms with van der Waals surface area (Å²) in [6.45, 7) is 0. The van der Waals surface area contributed by atoms with Crippen molar-refractivity contribution in [2.75, 3.05) is 0 Å². The van der Waals surface area contributed by atoms with E-state index in [9.17, 15) is 5.11 Å². The van der Waals surface area contributed by atoms with Crippen LogP contribution in [0.25, 0.3) is 10.1 Å². The number of nitrogens with zero attached hydrogens (tertiary/aromatic N) is 1. The number of fused-ring (bicyclic) bond motifs is 1. The van der Waals surface area contributed by atoms with Crippen molar-refractivity contribution in [3.05, 3.63) is 28.6 Å². The molecule has 0 bridgehead atoms. The van der Waals surface area contributed by atoms with Gasteiger partial charge >= 0.3 is 0 Å². The maximum absolute atomic E-state index is 9.68. The lowest BCUT2D eigenvalue weighted by molar-refractivity contribution is 0.481. The van der Waals surface area contributed by atoms with Crippen molar-refractivity contribution < 1.29 is 5.11 Å². The maximum atomic E-state index is 9.68. The van der Waals surface area contributed by atoms with Crippen molar-refractivity contribution in [2.45, 2.75) is 5.88 Å². The first kappa shape index (κ1) is 9.32. The molecule has 0 aliphatic heterocycles. The van der Waals surface area contributed by atoms with Gasteiger partial charge in [-0.2, -0.15) is 5.26 Å². The van der Waals surface area contributed by atoms with Crippen LogP contribution in [0.2, 0.25) is 0 Å². The van der Waals surface area contributed by atoms with Gasteiger partial charge in [-0.1, -0.05) is 0 Å². The van der Waals surface area contributed by atoms with Gasteiger partial charge in [-0.3, -0.25) is 0 Å². The Kier molecular flexibility index (Phi) is 2.32. The third-order valence-corrected chi connectivity index (χ3v) is 3.23. The minimum Gasteiger partial charge on any atom is -0.507 e. The number of hydrogen-bond acceptors (Lipinski definition) is 3. The van der Waals surface area contributed by atoms with Gasteiger partial charge in [-0.25, -0.2) is 0 Å². The summed E-state index contributed by atoms with van der Waals surface area (Å²) >= 11 is 7.11. The molecular formula is C10H6ClNOS. The van der Waals surface area contributed by atoms with E-state index in [-0.39, 0.29) is 5.75 Å². The summed E-state index contributed by atoms with van der Waals surface area (Å²) in [4.78, 5) is 0. The Labute approximate surface area is 90.0 Å². The number of aromatic hydroxyl groups is 1. The SMILES string of the molecule is N#Cc1csc2cc(CCl)cc(O)c12. The second-order valence-electron chi connectivity index (χ2n) is 2.88. The fourth-order valence-corrected chi connectivity index (χ4v) is 2.48. The Morgan fingerprint density at radius 3 is 2.93 bits per heavy atom. The van der Waals surface area contributed by atoms with Crippen LogP contribution in [0, 0.1) is 11.3 Å². The molecule has 0 saturated carbocycles. The molecule has 1 heterocycles. The number of alkyl halides is 1. The Morgan fingerprint density at radius 2 is 2.29 bits per heavy atom. The molecule has 0 unspecified atom stereocenters. The first-order valence-corrected chi connectivity index (χ1v) is 5.37. The van der Waals surface area contributed by atoms with Gasteiger partial charge < -0.3 is 5.11 Å². The van der Waals surface area contributed by atoms with Crippen LogP contribution in [-0.2, 0) is 5.88 Å². The van der Waals surface area contributed by atoms with Gasteiger partial charge in [-0.05, 0) is 17.7 Å². The highest BCUT2D eigenvalue weighted by Crippen LogP contribution is 2.34. The van der Waals surface area contributed by atoms with Crippen LogP contribution < -0.4 is 0 Å². The fraction of sp³-hybridized carbons (Fsp3) is 0.100. The third-order valence-electron chi connectivity index (χ3n) is 1.99. The van der Waals surface area contributed by atoms with E-state index in [4.69, 9.17) is 16.9 Å². The van der Waals surface area contributed by atoms with Crippen LogP contribution in [0.3, 0.4) is 0 Å². The first-order chi connectivity index (χ1) is 6.76. The van der Waals surface area contributed by atoms with Crippen LogP contribution in [0.4, 0.5) is 0 Å². The van der Waals surface area contributed by atoms with Crippen molar-refractivity contribution in [3.8, 4) is 11.8 Å². The number of phenols is 1. The first-order valence-electron chi connectivity index (χ1n) is 3.95. The normalized spacial score (nSPS) is 10.3. The molecule has 0 atom stereocenters. The van der Waals surface area contributed by atoms with Crippen LogP contribution in [-0.4, -0.2) is 5.11 Å². The molecule has 0 aliphatic rings. The number of thiophene rings is 1. The van der Waals surface area contributed by atoms with Gasteiger partial charge in [0, 0.05) is 16.0 Å². The summed E-state index contributed by atoms with van der Waals surface area (Å²) in [7, 11) is 0. The summed E-state index contributed by atoms with van der Waals surface area (Å²) in [6, 6.07) is 5.54. The number of halogens is 1. The summed E-state index contributed by atoms with van der Waals surface area (Å²) in [5.74, 6) is 0.500. The smallest absolute Gasteiger partial charge is 0.125 e. The van der Waals surface area contributed by atoms with Crippen LogP contribution >= 0.6 is 22.9 Å². The number of phenolic OH excluding ortho intramolecular Hbond substituents is 1. The van der Waals surface area contributed by atoms with Crippen molar-refractivity contribution in [1.29, 1.82) is 5.26 Å². The maximum Gasteiger partial charge on any atom is 0.125 e. The quantitative estimate of drug-likeness (QED) is 0.755. The van der Waals surface area contributed by atoms with Gasteiger partial charge in [0.2, 0.25) is 0 Å². The second-order valence-corrected chi connectivity index (χ2v) is 4.06. The largest absolute Gasteiger partial charge is 0.507 e. The van der Waals surface area contributed by atoms with Crippen molar-refractivity contribution in [3.63, 3.8) is 0 Å². The highest BCUT2D eigenvalue weighted by molar-refractivity contribution is 7.17. The van der Waals surface area contributed by atoms with Gasteiger partial charge in [0.25, 0.3) is 0 Å².